The molecule has 1 aromatic heterocycles. The summed E-state index contributed by atoms with van der Waals surface area (Å²) in [6, 6.07) is 7.48. The van der Waals surface area contributed by atoms with E-state index in [-0.39, 0.29) is 5.91 Å². The van der Waals surface area contributed by atoms with E-state index >= 15 is 0 Å². The zero-order valence-electron chi connectivity index (χ0n) is 10.5. The van der Waals surface area contributed by atoms with Gasteiger partial charge in [-0.15, -0.1) is 16.7 Å². The smallest absolute Gasteiger partial charge is 0.269 e. The SMILES string of the molecule is CCCc1nnsc1C(=O)Nc1ccccc1CCl. The van der Waals surface area contributed by atoms with Gasteiger partial charge < -0.3 is 5.32 Å². The Kier molecular flexibility index (Phi) is 4.87. The minimum atomic E-state index is -0.170. The fourth-order valence-corrected chi connectivity index (χ4v) is 2.56. The van der Waals surface area contributed by atoms with Gasteiger partial charge in [0.2, 0.25) is 0 Å². The third-order valence-corrected chi connectivity index (χ3v) is 3.71. The Bertz CT molecular complexity index is 571. The van der Waals surface area contributed by atoms with E-state index in [0.717, 1.165) is 41.3 Å². The number of nitrogens with zero attached hydrogens (tertiary/aromatic N) is 2. The van der Waals surface area contributed by atoms with Crippen LogP contribution in [0.25, 0.3) is 0 Å². The lowest BCUT2D eigenvalue weighted by Gasteiger charge is -2.08. The highest BCUT2D eigenvalue weighted by atomic mass is 35.5. The molecule has 0 aliphatic heterocycles. The average molecular weight is 296 g/mol. The van der Waals surface area contributed by atoms with E-state index in [9.17, 15) is 4.79 Å². The summed E-state index contributed by atoms with van der Waals surface area (Å²) in [5.74, 6) is 0.190. The van der Waals surface area contributed by atoms with Gasteiger partial charge in [0.1, 0.15) is 4.88 Å². The molecule has 19 heavy (non-hydrogen) atoms. The van der Waals surface area contributed by atoms with Gasteiger partial charge in [-0.1, -0.05) is 36.0 Å². The Morgan fingerprint density at radius 1 is 1.42 bits per heavy atom. The van der Waals surface area contributed by atoms with Gasteiger partial charge in [0, 0.05) is 11.6 Å². The summed E-state index contributed by atoms with van der Waals surface area (Å²) < 4.78 is 3.85. The summed E-state index contributed by atoms with van der Waals surface area (Å²) in [6.07, 6.45) is 1.69. The van der Waals surface area contributed by atoms with Crippen LogP contribution in [0.4, 0.5) is 5.69 Å². The number of anilines is 1. The van der Waals surface area contributed by atoms with E-state index in [1.807, 2.05) is 31.2 Å². The molecule has 0 aliphatic rings. The first kappa shape index (κ1) is 14.0. The number of amides is 1. The number of carbonyl (C=O) groups excluding carboxylic acids is 1. The fourth-order valence-electron chi connectivity index (χ4n) is 1.72. The van der Waals surface area contributed by atoms with Crippen molar-refractivity contribution in [2.75, 3.05) is 5.32 Å². The molecule has 1 heterocycles. The van der Waals surface area contributed by atoms with Gasteiger partial charge in [-0.2, -0.15) is 0 Å². The van der Waals surface area contributed by atoms with Crippen molar-refractivity contribution in [2.24, 2.45) is 0 Å². The van der Waals surface area contributed by atoms with E-state index in [1.54, 1.807) is 0 Å². The van der Waals surface area contributed by atoms with E-state index in [4.69, 9.17) is 11.6 Å². The predicted molar refractivity (Wildman–Crippen MR) is 77.9 cm³/mol. The minimum Gasteiger partial charge on any atom is -0.321 e. The number of hydrogen-bond donors (Lipinski definition) is 1. The molecule has 0 bridgehead atoms. The van der Waals surface area contributed by atoms with E-state index in [1.165, 1.54) is 0 Å². The van der Waals surface area contributed by atoms with Crippen molar-refractivity contribution in [1.82, 2.24) is 9.59 Å². The van der Waals surface area contributed by atoms with Crippen molar-refractivity contribution in [1.29, 1.82) is 0 Å². The second kappa shape index (κ2) is 6.63. The second-order valence-corrected chi connectivity index (χ2v) is 5.07. The van der Waals surface area contributed by atoms with Crippen molar-refractivity contribution >= 4 is 34.7 Å². The predicted octanol–water partition coefficient (Wildman–Crippen LogP) is 3.48. The van der Waals surface area contributed by atoms with Crippen LogP contribution in [0.5, 0.6) is 0 Å². The number of halogens is 1. The Morgan fingerprint density at radius 3 is 2.95 bits per heavy atom. The quantitative estimate of drug-likeness (QED) is 0.859. The molecule has 6 heteroatoms. The highest BCUT2D eigenvalue weighted by Gasteiger charge is 2.16. The van der Waals surface area contributed by atoms with Crippen LogP contribution >= 0.6 is 23.1 Å². The zero-order valence-corrected chi connectivity index (χ0v) is 12.1. The number of rotatable bonds is 5. The van der Waals surface area contributed by atoms with Crippen molar-refractivity contribution < 1.29 is 4.79 Å². The Labute approximate surface area is 121 Å². The van der Waals surface area contributed by atoms with Gasteiger partial charge in [-0.3, -0.25) is 4.79 Å². The molecule has 4 nitrogen and oxygen atoms in total. The van der Waals surface area contributed by atoms with Crippen molar-refractivity contribution in [3.05, 3.63) is 40.4 Å². The van der Waals surface area contributed by atoms with Gasteiger partial charge in [0.25, 0.3) is 5.91 Å². The summed E-state index contributed by atoms with van der Waals surface area (Å²) in [7, 11) is 0. The molecule has 2 rings (SSSR count). The number of alkyl halides is 1. The lowest BCUT2D eigenvalue weighted by atomic mass is 10.2. The molecule has 0 aliphatic carbocycles. The topological polar surface area (TPSA) is 54.9 Å². The molecule has 0 fully saturated rings. The third-order valence-electron chi connectivity index (χ3n) is 2.66. The van der Waals surface area contributed by atoms with Crippen LogP contribution in [-0.2, 0) is 12.3 Å². The van der Waals surface area contributed by atoms with Gasteiger partial charge in [0.05, 0.1) is 5.69 Å². The lowest BCUT2D eigenvalue weighted by molar-refractivity contribution is 0.102. The first-order chi connectivity index (χ1) is 9.26. The van der Waals surface area contributed by atoms with Crippen molar-refractivity contribution in [2.45, 2.75) is 25.6 Å². The number of carbonyl (C=O) groups is 1. The number of aryl methyl sites for hydroxylation is 1. The maximum absolute atomic E-state index is 12.2. The van der Waals surface area contributed by atoms with Crippen LogP contribution in [0.2, 0.25) is 0 Å². The van der Waals surface area contributed by atoms with Crippen LogP contribution < -0.4 is 5.32 Å². The highest BCUT2D eigenvalue weighted by molar-refractivity contribution is 7.08. The third kappa shape index (κ3) is 3.30. The van der Waals surface area contributed by atoms with Crippen molar-refractivity contribution in [3.8, 4) is 0 Å². The van der Waals surface area contributed by atoms with Crippen LogP contribution in [0.3, 0.4) is 0 Å². The minimum absolute atomic E-state index is 0.170. The molecular weight excluding hydrogens is 282 g/mol. The maximum atomic E-state index is 12.2. The standard InChI is InChI=1S/C13H14ClN3OS/c1-2-5-11-12(19-17-16-11)13(18)15-10-7-4-3-6-9(10)8-14/h3-4,6-7H,2,5,8H2,1H3,(H,15,18). The number of hydrogen-bond acceptors (Lipinski definition) is 4. The Morgan fingerprint density at radius 2 is 2.21 bits per heavy atom. The molecule has 1 N–H and O–H groups in total. The van der Waals surface area contributed by atoms with Crippen LogP contribution in [0, 0.1) is 0 Å². The maximum Gasteiger partial charge on any atom is 0.269 e. The highest BCUT2D eigenvalue weighted by Crippen LogP contribution is 2.20. The zero-order chi connectivity index (χ0) is 13.7. The summed E-state index contributed by atoms with van der Waals surface area (Å²) in [6.45, 7) is 2.05. The van der Waals surface area contributed by atoms with Gasteiger partial charge in [-0.25, -0.2) is 0 Å². The van der Waals surface area contributed by atoms with Gasteiger partial charge in [0.15, 0.2) is 0 Å². The summed E-state index contributed by atoms with van der Waals surface area (Å²) in [5, 5.41) is 6.86. The van der Waals surface area contributed by atoms with Crippen LogP contribution in [0.1, 0.15) is 34.3 Å². The second-order valence-electron chi connectivity index (χ2n) is 4.04. The molecule has 100 valence electrons. The molecule has 0 spiro atoms. The van der Waals surface area contributed by atoms with Crippen LogP contribution in [-0.4, -0.2) is 15.5 Å². The fraction of sp³-hybridized carbons (Fsp3) is 0.308. The molecule has 0 atom stereocenters. The molecule has 2 aromatic rings. The molecule has 0 radical (unpaired) electrons. The van der Waals surface area contributed by atoms with Gasteiger partial charge >= 0.3 is 0 Å². The normalized spacial score (nSPS) is 10.4. The number of benzene rings is 1. The van der Waals surface area contributed by atoms with E-state index in [2.05, 4.69) is 14.9 Å². The molecule has 1 amide bonds. The first-order valence-electron chi connectivity index (χ1n) is 6.02. The molecule has 1 aromatic carbocycles. The van der Waals surface area contributed by atoms with Gasteiger partial charge in [-0.05, 0) is 29.6 Å². The lowest BCUT2D eigenvalue weighted by Crippen LogP contribution is -2.13. The molecule has 0 unspecified atom stereocenters. The summed E-state index contributed by atoms with van der Waals surface area (Å²) >= 11 is 6.97. The van der Waals surface area contributed by atoms with Crippen molar-refractivity contribution in [3.63, 3.8) is 0 Å². The Balaban J connectivity index is 2.18. The van der Waals surface area contributed by atoms with E-state index in [0.29, 0.717) is 10.8 Å². The number of para-hydroxylation sites is 1. The molecule has 0 saturated heterocycles. The first-order valence-corrected chi connectivity index (χ1v) is 7.33. The number of nitrogens with one attached hydrogen (secondary N) is 1. The van der Waals surface area contributed by atoms with Crippen LogP contribution in [0.15, 0.2) is 24.3 Å². The van der Waals surface area contributed by atoms with E-state index < -0.39 is 0 Å². The summed E-state index contributed by atoms with van der Waals surface area (Å²) in [5.41, 5.74) is 2.39. The number of aromatic nitrogens is 2. The summed E-state index contributed by atoms with van der Waals surface area (Å²) in [4.78, 5) is 12.8. The monoisotopic (exact) mass is 295 g/mol. The largest absolute Gasteiger partial charge is 0.321 e. The average Bonchev–Trinajstić information content (AvgIpc) is 2.88. The molecule has 0 saturated carbocycles. The Hall–Kier alpha value is -1.46. The molecular formula is C13H14ClN3OS.